The Kier molecular flexibility index (Phi) is 5.80. The summed E-state index contributed by atoms with van der Waals surface area (Å²) in [5, 5.41) is 5.55. The van der Waals surface area contributed by atoms with E-state index in [0.29, 0.717) is 24.6 Å². The fourth-order valence-electron chi connectivity index (χ4n) is 1.86. The largest absolute Gasteiger partial charge is 0.352 e. The summed E-state index contributed by atoms with van der Waals surface area (Å²) in [6, 6.07) is 8.57. The molecular formula is C17H20N4O2. The molecule has 2 amide bonds. The van der Waals surface area contributed by atoms with E-state index in [4.69, 9.17) is 0 Å². The highest BCUT2D eigenvalue weighted by atomic mass is 16.2. The monoisotopic (exact) mass is 312 g/mol. The van der Waals surface area contributed by atoms with Gasteiger partial charge in [0.2, 0.25) is 0 Å². The van der Waals surface area contributed by atoms with E-state index in [2.05, 4.69) is 20.6 Å². The first-order valence-corrected chi connectivity index (χ1v) is 7.48. The van der Waals surface area contributed by atoms with E-state index < -0.39 is 0 Å². The molecule has 0 aromatic carbocycles. The van der Waals surface area contributed by atoms with Gasteiger partial charge < -0.3 is 10.6 Å². The molecule has 120 valence electrons. The van der Waals surface area contributed by atoms with Crippen LogP contribution in [0.25, 0.3) is 0 Å². The summed E-state index contributed by atoms with van der Waals surface area (Å²) in [5.41, 5.74) is 1.38. The molecule has 0 bridgehead atoms. The van der Waals surface area contributed by atoms with Crippen LogP contribution in [0.1, 0.15) is 40.4 Å². The average molecular weight is 312 g/mol. The van der Waals surface area contributed by atoms with Crippen molar-refractivity contribution in [2.24, 2.45) is 5.92 Å². The van der Waals surface area contributed by atoms with E-state index in [-0.39, 0.29) is 17.5 Å². The molecule has 2 heterocycles. The Bertz CT molecular complexity index is 671. The molecule has 0 fully saturated rings. The molecule has 2 N–H and O–H groups in total. The van der Waals surface area contributed by atoms with E-state index in [1.807, 2.05) is 32.0 Å². The van der Waals surface area contributed by atoms with Crippen molar-refractivity contribution in [3.63, 3.8) is 0 Å². The van der Waals surface area contributed by atoms with Gasteiger partial charge in [-0.15, -0.1) is 0 Å². The summed E-state index contributed by atoms with van der Waals surface area (Å²) in [4.78, 5) is 32.3. The van der Waals surface area contributed by atoms with Crippen molar-refractivity contribution in [3.8, 4) is 0 Å². The zero-order chi connectivity index (χ0) is 16.7. The Balaban J connectivity index is 1.98. The summed E-state index contributed by atoms with van der Waals surface area (Å²) in [6.45, 7) is 4.93. The normalized spacial score (nSPS) is 10.4. The minimum Gasteiger partial charge on any atom is -0.352 e. The molecular weight excluding hydrogens is 292 g/mol. The number of nitrogens with one attached hydrogen (secondary N) is 2. The van der Waals surface area contributed by atoms with Crippen molar-refractivity contribution < 1.29 is 9.59 Å². The predicted molar refractivity (Wildman–Crippen MR) is 86.8 cm³/mol. The van der Waals surface area contributed by atoms with E-state index in [9.17, 15) is 9.59 Å². The van der Waals surface area contributed by atoms with Crippen molar-refractivity contribution in [2.45, 2.75) is 20.4 Å². The molecule has 6 nitrogen and oxygen atoms in total. The maximum absolute atomic E-state index is 12.1. The van der Waals surface area contributed by atoms with Crippen molar-refractivity contribution in [1.29, 1.82) is 0 Å². The number of hydrogen-bond donors (Lipinski definition) is 2. The first-order valence-electron chi connectivity index (χ1n) is 7.48. The molecule has 0 aliphatic rings. The van der Waals surface area contributed by atoms with Gasteiger partial charge in [0.25, 0.3) is 11.8 Å². The van der Waals surface area contributed by atoms with Gasteiger partial charge in [-0.05, 0) is 30.2 Å². The fourth-order valence-corrected chi connectivity index (χ4v) is 1.86. The van der Waals surface area contributed by atoms with Crippen LogP contribution in [0.15, 0.2) is 42.7 Å². The standard InChI is InChI=1S/C17H20N4O2/c1-12(2)10-20-16(22)13-6-8-19-15(9-13)17(23)21-11-14-5-3-4-7-18-14/h3-9,12H,10-11H2,1-2H3,(H,20,22)(H,21,23). The van der Waals surface area contributed by atoms with Gasteiger partial charge in [0.1, 0.15) is 5.69 Å². The van der Waals surface area contributed by atoms with Gasteiger partial charge in [-0.25, -0.2) is 0 Å². The van der Waals surface area contributed by atoms with E-state index >= 15 is 0 Å². The number of amides is 2. The highest BCUT2D eigenvalue weighted by molar-refractivity contribution is 5.98. The summed E-state index contributed by atoms with van der Waals surface area (Å²) in [6.07, 6.45) is 3.12. The molecule has 0 atom stereocenters. The summed E-state index contributed by atoms with van der Waals surface area (Å²) >= 11 is 0. The Hall–Kier alpha value is -2.76. The van der Waals surface area contributed by atoms with Crippen molar-refractivity contribution >= 4 is 11.8 Å². The van der Waals surface area contributed by atoms with Crippen LogP contribution in [0.4, 0.5) is 0 Å². The fraction of sp³-hybridized carbons (Fsp3) is 0.294. The third-order valence-electron chi connectivity index (χ3n) is 3.08. The molecule has 0 unspecified atom stereocenters. The lowest BCUT2D eigenvalue weighted by Crippen LogP contribution is -2.28. The van der Waals surface area contributed by atoms with Crippen LogP contribution in [-0.2, 0) is 6.54 Å². The number of carbonyl (C=O) groups is 2. The van der Waals surface area contributed by atoms with Crippen LogP contribution in [0.5, 0.6) is 0 Å². The Morgan fingerprint density at radius 1 is 1.04 bits per heavy atom. The molecule has 0 saturated carbocycles. The molecule has 2 aromatic heterocycles. The van der Waals surface area contributed by atoms with Crippen LogP contribution in [0.3, 0.4) is 0 Å². The summed E-state index contributed by atoms with van der Waals surface area (Å²) in [5.74, 6) is -0.184. The molecule has 0 radical (unpaired) electrons. The van der Waals surface area contributed by atoms with Crippen LogP contribution < -0.4 is 10.6 Å². The van der Waals surface area contributed by atoms with E-state index in [1.165, 1.54) is 12.3 Å². The molecule has 0 saturated heterocycles. The third kappa shape index (κ3) is 5.18. The second kappa shape index (κ2) is 8.03. The van der Waals surface area contributed by atoms with Gasteiger partial charge in [0.05, 0.1) is 12.2 Å². The van der Waals surface area contributed by atoms with Gasteiger partial charge >= 0.3 is 0 Å². The third-order valence-corrected chi connectivity index (χ3v) is 3.08. The second-order valence-corrected chi connectivity index (χ2v) is 5.54. The molecule has 6 heteroatoms. The SMILES string of the molecule is CC(C)CNC(=O)c1ccnc(C(=O)NCc2ccccn2)c1. The van der Waals surface area contributed by atoms with E-state index in [1.54, 1.807) is 12.3 Å². The van der Waals surface area contributed by atoms with Gasteiger partial charge in [0, 0.05) is 24.5 Å². The van der Waals surface area contributed by atoms with Gasteiger partial charge in [-0.1, -0.05) is 19.9 Å². The number of aromatic nitrogens is 2. The van der Waals surface area contributed by atoms with Crippen molar-refractivity contribution in [2.75, 3.05) is 6.54 Å². The van der Waals surface area contributed by atoms with Crippen LogP contribution in [-0.4, -0.2) is 28.3 Å². The molecule has 0 aliphatic carbocycles. The smallest absolute Gasteiger partial charge is 0.270 e. The predicted octanol–water partition coefficient (Wildman–Crippen LogP) is 1.79. The molecule has 0 aliphatic heterocycles. The molecule has 23 heavy (non-hydrogen) atoms. The first-order chi connectivity index (χ1) is 11.1. The van der Waals surface area contributed by atoms with Gasteiger partial charge in [0.15, 0.2) is 0 Å². The summed E-state index contributed by atoms with van der Waals surface area (Å²) < 4.78 is 0. The second-order valence-electron chi connectivity index (χ2n) is 5.54. The number of hydrogen-bond acceptors (Lipinski definition) is 4. The maximum Gasteiger partial charge on any atom is 0.270 e. The maximum atomic E-state index is 12.1. The van der Waals surface area contributed by atoms with Crippen LogP contribution >= 0.6 is 0 Å². The molecule has 2 aromatic rings. The van der Waals surface area contributed by atoms with Crippen molar-refractivity contribution in [1.82, 2.24) is 20.6 Å². The number of nitrogens with zero attached hydrogens (tertiary/aromatic N) is 2. The number of carbonyl (C=O) groups excluding carboxylic acids is 2. The number of pyridine rings is 2. The lowest BCUT2D eigenvalue weighted by Gasteiger charge is -2.08. The van der Waals surface area contributed by atoms with Gasteiger partial charge in [-0.2, -0.15) is 0 Å². The van der Waals surface area contributed by atoms with Crippen LogP contribution in [0.2, 0.25) is 0 Å². The minimum absolute atomic E-state index is 0.207. The zero-order valence-corrected chi connectivity index (χ0v) is 13.2. The highest BCUT2D eigenvalue weighted by Crippen LogP contribution is 2.03. The lowest BCUT2D eigenvalue weighted by molar-refractivity contribution is 0.0945. The number of rotatable bonds is 6. The molecule has 0 spiro atoms. The Morgan fingerprint density at radius 2 is 1.87 bits per heavy atom. The average Bonchev–Trinajstić information content (AvgIpc) is 2.58. The van der Waals surface area contributed by atoms with Gasteiger partial charge in [-0.3, -0.25) is 19.6 Å². The summed E-state index contributed by atoms with van der Waals surface area (Å²) in [7, 11) is 0. The minimum atomic E-state index is -0.339. The van der Waals surface area contributed by atoms with E-state index in [0.717, 1.165) is 5.69 Å². The highest BCUT2D eigenvalue weighted by Gasteiger charge is 2.12. The lowest BCUT2D eigenvalue weighted by atomic mass is 10.2. The topological polar surface area (TPSA) is 84.0 Å². The quantitative estimate of drug-likeness (QED) is 0.852. The van der Waals surface area contributed by atoms with Crippen LogP contribution in [0, 0.1) is 5.92 Å². The molecule has 2 rings (SSSR count). The Labute approximate surface area is 135 Å². The Morgan fingerprint density at radius 3 is 2.57 bits per heavy atom. The zero-order valence-electron chi connectivity index (χ0n) is 13.2. The first kappa shape index (κ1) is 16.6. The van der Waals surface area contributed by atoms with Crippen molar-refractivity contribution in [3.05, 3.63) is 59.7 Å².